The van der Waals surface area contributed by atoms with Gasteiger partial charge in [-0.25, -0.2) is 0 Å². The van der Waals surface area contributed by atoms with Crippen molar-refractivity contribution in [3.8, 4) is 17.2 Å². The summed E-state index contributed by atoms with van der Waals surface area (Å²) in [5.74, 6) is 1.00. The van der Waals surface area contributed by atoms with Crippen molar-refractivity contribution in [3.63, 3.8) is 0 Å². The van der Waals surface area contributed by atoms with Gasteiger partial charge in [0.1, 0.15) is 23.3 Å². The first kappa shape index (κ1) is 27.9. The Hall–Kier alpha value is -2.64. The van der Waals surface area contributed by atoms with Crippen molar-refractivity contribution in [1.29, 1.82) is 0 Å². The molecule has 2 aromatic carbocycles. The van der Waals surface area contributed by atoms with Gasteiger partial charge in [-0.2, -0.15) is 0 Å². The van der Waals surface area contributed by atoms with Crippen LogP contribution in [0.3, 0.4) is 0 Å². The van der Waals surface area contributed by atoms with Gasteiger partial charge >= 0.3 is 0 Å². The summed E-state index contributed by atoms with van der Waals surface area (Å²) < 4.78 is 16.4. The zero-order valence-corrected chi connectivity index (χ0v) is 22.5. The van der Waals surface area contributed by atoms with Crippen LogP contribution in [0.5, 0.6) is 17.2 Å². The highest BCUT2D eigenvalue weighted by molar-refractivity contribution is 6.35. The maximum absolute atomic E-state index is 13.5. The van der Waals surface area contributed by atoms with Crippen molar-refractivity contribution in [2.24, 2.45) is 0 Å². The van der Waals surface area contributed by atoms with E-state index in [-0.39, 0.29) is 31.0 Å². The Morgan fingerprint density at radius 3 is 2.22 bits per heavy atom. The standard InChI is InChI=1S/C27H34Cl2N2O5/c1-4-25(27(33)30-20-8-6-5-7-9-20)31(16-18-10-11-19(28)12-24(18)29)26(32)17-36-23-14-21(34-2)13-22(15-23)35-3/h10-15,20,25H,4-9,16-17H2,1-3H3,(H,30,33). The minimum atomic E-state index is -0.672. The van der Waals surface area contributed by atoms with E-state index in [9.17, 15) is 9.59 Å². The van der Waals surface area contributed by atoms with E-state index in [4.69, 9.17) is 37.4 Å². The topological polar surface area (TPSA) is 77.1 Å². The summed E-state index contributed by atoms with van der Waals surface area (Å²) in [5.41, 5.74) is 0.696. The summed E-state index contributed by atoms with van der Waals surface area (Å²) in [6.07, 6.45) is 5.75. The van der Waals surface area contributed by atoms with Crippen molar-refractivity contribution >= 4 is 35.0 Å². The van der Waals surface area contributed by atoms with Crippen LogP contribution in [-0.2, 0) is 16.1 Å². The Morgan fingerprint density at radius 1 is 1.00 bits per heavy atom. The van der Waals surface area contributed by atoms with Crippen LogP contribution >= 0.6 is 23.2 Å². The van der Waals surface area contributed by atoms with E-state index in [2.05, 4.69) is 5.32 Å². The smallest absolute Gasteiger partial charge is 0.261 e. The third-order valence-electron chi connectivity index (χ3n) is 6.38. The summed E-state index contributed by atoms with van der Waals surface area (Å²) in [6, 6.07) is 9.63. The molecule has 2 aromatic rings. The molecule has 0 radical (unpaired) electrons. The summed E-state index contributed by atoms with van der Waals surface area (Å²) >= 11 is 12.5. The molecule has 0 heterocycles. The highest BCUT2D eigenvalue weighted by Gasteiger charge is 2.31. The van der Waals surface area contributed by atoms with Gasteiger partial charge in [-0.1, -0.05) is 55.5 Å². The molecule has 36 heavy (non-hydrogen) atoms. The lowest BCUT2D eigenvalue weighted by molar-refractivity contribution is -0.143. The highest BCUT2D eigenvalue weighted by Crippen LogP contribution is 2.28. The summed E-state index contributed by atoms with van der Waals surface area (Å²) in [6.45, 7) is 1.77. The van der Waals surface area contributed by atoms with E-state index in [1.165, 1.54) is 25.5 Å². The Balaban J connectivity index is 1.81. The lowest BCUT2D eigenvalue weighted by Crippen LogP contribution is -2.52. The van der Waals surface area contributed by atoms with Gasteiger partial charge in [-0.15, -0.1) is 0 Å². The Labute approximate surface area is 223 Å². The van der Waals surface area contributed by atoms with Gasteiger partial charge in [0.05, 0.1) is 14.2 Å². The molecule has 1 N–H and O–H groups in total. The molecule has 196 valence electrons. The van der Waals surface area contributed by atoms with Gasteiger partial charge in [0.25, 0.3) is 5.91 Å². The van der Waals surface area contributed by atoms with Crippen molar-refractivity contribution in [3.05, 3.63) is 52.0 Å². The number of rotatable bonds is 11. The fourth-order valence-electron chi connectivity index (χ4n) is 4.39. The van der Waals surface area contributed by atoms with E-state index >= 15 is 0 Å². The van der Waals surface area contributed by atoms with Gasteiger partial charge in [-0.05, 0) is 37.0 Å². The molecule has 0 bridgehead atoms. The second-order valence-electron chi connectivity index (χ2n) is 8.86. The molecule has 1 unspecified atom stereocenters. The SMILES string of the molecule is CCC(C(=O)NC1CCCCC1)N(Cc1ccc(Cl)cc1Cl)C(=O)COc1cc(OC)cc(OC)c1. The quantitative estimate of drug-likeness (QED) is 0.401. The first-order valence-electron chi connectivity index (χ1n) is 12.2. The van der Waals surface area contributed by atoms with E-state index in [0.29, 0.717) is 39.3 Å². The lowest BCUT2D eigenvalue weighted by Gasteiger charge is -2.33. The maximum atomic E-state index is 13.5. The Kier molecular flexibility index (Phi) is 10.6. The lowest BCUT2D eigenvalue weighted by atomic mass is 9.95. The molecule has 9 heteroatoms. The van der Waals surface area contributed by atoms with Crippen molar-refractivity contribution < 1.29 is 23.8 Å². The summed E-state index contributed by atoms with van der Waals surface area (Å²) in [4.78, 5) is 28.4. The zero-order valence-electron chi connectivity index (χ0n) is 21.0. The van der Waals surface area contributed by atoms with E-state index < -0.39 is 6.04 Å². The normalized spacial score (nSPS) is 14.6. The molecule has 0 aromatic heterocycles. The van der Waals surface area contributed by atoms with Crippen LogP contribution in [0.15, 0.2) is 36.4 Å². The third-order valence-corrected chi connectivity index (χ3v) is 6.97. The monoisotopic (exact) mass is 536 g/mol. The minimum Gasteiger partial charge on any atom is -0.496 e. The molecule has 3 rings (SSSR count). The molecular weight excluding hydrogens is 503 g/mol. The second-order valence-corrected chi connectivity index (χ2v) is 9.71. The van der Waals surface area contributed by atoms with Crippen LogP contribution in [0, 0.1) is 0 Å². The van der Waals surface area contributed by atoms with Crippen LogP contribution < -0.4 is 19.5 Å². The number of carbonyl (C=O) groups is 2. The number of benzene rings is 2. The minimum absolute atomic E-state index is 0.136. The van der Waals surface area contributed by atoms with Crippen molar-refractivity contribution in [1.82, 2.24) is 10.2 Å². The molecule has 1 aliphatic rings. The van der Waals surface area contributed by atoms with E-state index in [1.807, 2.05) is 6.92 Å². The van der Waals surface area contributed by atoms with Gasteiger partial charge in [-0.3, -0.25) is 9.59 Å². The molecule has 2 amide bonds. The molecule has 7 nitrogen and oxygen atoms in total. The second kappa shape index (κ2) is 13.6. The number of nitrogens with zero attached hydrogens (tertiary/aromatic N) is 1. The number of amides is 2. The molecule has 0 saturated heterocycles. The number of hydrogen-bond donors (Lipinski definition) is 1. The van der Waals surface area contributed by atoms with Gasteiger partial charge in [0.15, 0.2) is 6.61 Å². The maximum Gasteiger partial charge on any atom is 0.261 e. The van der Waals surface area contributed by atoms with Gasteiger partial charge in [0.2, 0.25) is 5.91 Å². The number of nitrogens with one attached hydrogen (secondary N) is 1. The number of halogens is 2. The third kappa shape index (κ3) is 7.68. The Bertz CT molecular complexity index is 1020. The fourth-order valence-corrected chi connectivity index (χ4v) is 4.86. The molecule has 1 fully saturated rings. The number of hydrogen-bond acceptors (Lipinski definition) is 5. The highest BCUT2D eigenvalue weighted by atomic mass is 35.5. The molecule has 1 aliphatic carbocycles. The average molecular weight is 537 g/mol. The van der Waals surface area contributed by atoms with Gasteiger partial charge in [0, 0.05) is 40.8 Å². The zero-order chi connectivity index (χ0) is 26.1. The van der Waals surface area contributed by atoms with Gasteiger partial charge < -0.3 is 24.4 Å². The molecule has 1 saturated carbocycles. The number of carbonyl (C=O) groups excluding carboxylic acids is 2. The summed E-state index contributed by atoms with van der Waals surface area (Å²) in [5, 5.41) is 4.09. The molecular formula is C27H34Cl2N2O5. The molecule has 0 spiro atoms. The van der Waals surface area contributed by atoms with Crippen molar-refractivity contribution in [2.75, 3.05) is 20.8 Å². The van der Waals surface area contributed by atoms with Crippen LogP contribution in [0.1, 0.15) is 51.0 Å². The van der Waals surface area contributed by atoms with Crippen LogP contribution in [-0.4, -0.2) is 49.6 Å². The first-order chi connectivity index (χ1) is 17.3. The van der Waals surface area contributed by atoms with Crippen LogP contribution in [0.2, 0.25) is 10.0 Å². The largest absolute Gasteiger partial charge is 0.496 e. The number of ether oxygens (including phenoxy) is 3. The molecule has 0 aliphatic heterocycles. The first-order valence-corrected chi connectivity index (χ1v) is 13.0. The number of methoxy groups -OCH3 is 2. The van der Waals surface area contributed by atoms with Crippen LogP contribution in [0.4, 0.5) is 0 Å². The predicted octanol–water partition coefficient (Wildman–Crippen LogP) is 5.65. The van der Waals surface area contributed by atoms with Crippen LogP contribution in [0.25, 0.3) is 0 Å². The van der Waals surface area contributed by atoms with E-state index in [1.54, 1.807) is 36.4 Å². The fraction of sp³-hybridized carbons (Fsp3) is 0.481. The predicted molar refractivity (Wildman–Crippen MR) is 141 cm³/mol. The average Bonchev–Trinajstić information content (AvgIpc) is 2.88. The Morgan fingerprint density at radius 2 is 1.64 bits per heavy atom. The summed E-state index contributed by atoms with van der Waals surface area (Å²) in [7, 11) is 3.08. The van der Waals surface area contributed by atoms with E-state index in [0.717, 1.165) is 25.7 Å². The van der Waals surface area contributed by atoms with Crippen molar-refractivity contribution in [2.45, 2.75) is 64.1 Å². The molecule has 1 atom stereocenters.